The molecule has 0 bridgehead atoms. The predicted molar refractivity (Wildman–Crippen MR) is 62.7 cm³/mol. The number of esters is 1. The van der Waals surface area contributed by atoms with Gasteiger partial charge in [0.1, 0.15) is 11.5 Å². The number of carbonyl (C=O) groups is 1. The lowest BCUT2D eigenvalue weighted by molar-refractivity contribution is 0.0520. The van der Waals surface area contributed by atoms with Gasteiger partial charge >= 0.3 is 5.97 Å². The normalized spacial score (nSPS) is 10.4. The van der Waals surface area contributed by atoms with Crippen molar-refractivity contribution in [3.05, 3.63) is 34.7 Å². The van der Waals surface area contributed by atoms with Crippen molar-refractivity contribution in [2.75, 3.05) is 6.61 Å². The standard InChI is InChI=1S/C11H9ClFN3O2/c1-2-18-11(17)10-9(14-16-15-10)7-4-3-6(12)5-8(7)13/h3-5H,2H2,1H3,(H,14,15,16). The summed E-state index contributed by atoms with van der Waals surface area (Å²) in [5.41, 5.74) is 0.178. The minimum absolute atomic E-state index is 0.0573. The highest BCUT2D eigenvalue weighted by molar-refractivity contribution is 6.30. The van der Waals surface area contributed by atoms with E-state index >= 15 is 0 Å². The Balaban J connectivity index is 2.45. The Hall–Kier alpha value is -1.95. The van der Waals surface area contributed by atoms with Gasteiger partial charge in [0, 0.05) is 10.6 Å². The Kier molecular flexibility index (Phi) is 3.57. The van der Waals surface area contributed by atoms with Gasteiger partial charge in [-0.25, -0.2) is 9.18 Å². The van der Waals surface area contributed by atoms with Crippen LogP contribution in [0.5, 0.6) is 0 Å². The quantitative estimate of drug-likeness (QED) is 0.869. The molecule has 0 atom stereocenters. The van der Waals surface area contributed by atoms with E-state index in [4.69, 9.17) is 16.3 Å². The zero-order valence-corrected chi connectivity index (χ0v) is 10.2. The summed E-state index contributed by atoms with van der Waals surface area (Å²) in [7, 11) is 0. The molecule has 7 heteroatoms. The van der Waals surface area contributed by atoms with Crippen LogP contribution >= 0.6 is 11.6 Å². The average Bonchev–Trinajstić information content (AvgIpc) is 2.78. The molecular weight excluding hydrogens is 261 g/mol. The Morgan fingerprint density at radius 3 is 2.94 bits per heavy atom. The van der Waals surface area contributed by atoms with Gasteiger partial charge in [0.15, 0.2) is 5.69 Å². The van der Waals surface area contributed by atoms with Crippen LogP contribution in [0.1, 0.15) is 17.4 Å². The smallest absolute Gasteiger partial charge is 0.361 e. The van der Waals surface area contributed by atoms with Crippen molar-refractivity contribution in [3.63, 3.8) is 0 Å². The van der Waals surface area contributed by atoms with Gasteiger partial charge < -0.3 is 4.74 Å². The largest absolute Gasteiger partial charge is 0.461 e. The van der Waals surface area contributed by atoms with E-state index in [2.05, 4.69) is 15.4 Å². The van der Waals surface area contributed by atoms with Gasteiger partial charge in [0.05, 0.1) is 6.61 Å². The van der Waals surface area contributed by atoms with Crippen LogP contribution in [-0.4, -0.2) is 28.0 Å². The number of hydrogen-bond donors (Lipinski definition) is 1. The molecule has 1 N–H and O–H groups in total. The van der Waals surface area contributed by atoms with Gasteiger partial charge in [-0.15, -0.1) is 5.10 Å². The first-order valence-corrected chi connectivity index (χ1v) is 5.54. The number of nitrogens with one attached hydrogen (secondary N) is 1. The second-order valence-corrected chi connectivity index (χ2v) is 3.80. The van der Waals surface area contributed by atoms with Crippen molar-refractivity contribution in [1.82, 2.24) is 15.4 Å². The van der Waals surface area contributed by atoms with Crippen LogP contribution in [0, 0.1) is 5.82 Å². The number of aromatic nitrogens is 3. The number of benzene rings is 1. The van der Waals surface area contributed by atoms with Crippen molar-refractivity contribution in [3.8, 4) is 11.3 Å². The van der Waals surface area contributed by atoms with E-state index in [1.807, 2.05) is 0 Å². The van der Waals surface area contributed by atoms with Gasteiger partial charge in [-0.2, -0.15) is 10.3 Å². The molecule has 0 saturated heterocycles. The van der Waals surface area contributed by atoms with Crippen molar-refractivity contribution in [2.45, 2.75) is 6.92 Å². The summed E-state index contributed by atoms with van der Waals surface area (Å²) in [6.07, 6.45) is 0. The molecule has 0 aliphatic carbocycles. The number of hydrogen-bond acceptors (Lipinski definition) is 4. The van der Waals surface area contributed by atoms with Crippen LogP contribution in [0.25, 0.3) is 11.3 Å². The molecule has 0 radical (unpaired) electrons. The Labute approximate surface area is 107 Å². The molecule has 1 aromatic heterocycles. The van der Waals surface area contributed by atoms with Crippen LogP contribution in [0.3, 0.4) is 0 Å². The first kappa shape index (κ1) is 12.5. The lowest BCUT2D eigenvalue weighted by atomic mass is 10.1. The van der Waals surface area contributed by atoms with Gasteiger partial charge in [-0.3, -0.25) is 0 Å². The van der Waals surface area contributed by atoms with Gasteiger partial charge in [-0.1, -0.05) is 11.6 Å². The van der Waals surface area contributed by atoms with E-state index in [0.29, 0.717) is 0 Å². The van der Waals surface area contributed by atoms with E-state index in [0.717, 1.165) is 6.07 Å². The average molecular weight is 270 g/mol. The van der Waals surface area contributed by atoms with Gasteiger partial charge in [-0.05, 0) is 25.1 Å². The summed E-state index contributed by atoms with van der Waals surface area (Å²) in [5.74, 6) is -1.24. The molecule has 1 aromatic carbocycles. The van der Waals surface area contributed by atoms with Crippen LogP contribution in [0.15, 0.2) is 18.2 Å². The maximum Gasteiger partial charge on any atom is 0.361 e. The fraction of sp³-hybridized carbons (Fsp3) is 0.182. The molecule has 2 aromatic rings. The van der Waals surface area contributed by atoms with Crippen molar-refractivity contribution in [1.29, 1.82) is 0 Å². The summed E-state index contributed by atoms with van der Waals surface area (Å²) in [4.78, 5) is 11.6. The topological polar surface area (TPSA) is 67.9 Å². The lowest BCUT2D eigenvalue weighted by Gasteiger charge is -2.02. The van der Waals surface area contributed by atoms with Crippen molar-refractivity contribution < 1.29 is 13.9 Å². The molecular formula is C11H9ClFN3O2. The number of ether oxygens (including phenoxy) is 1. The highest BCUT2D eigenvalue weighted by Gasteiger charge is 2.21. The number of halogens is 2. The summed E-state index contributed by atoms with van der Waals surface area (Å²) >= 11 is 5.65. The van der Waals surface area contributed by atoms with Crippen molar-refractivity contribution in [2.24, 2.45) is 0 Å². The van der Waals surface area contributed by atoms with Gasteiger partial charge in [0.2, 0.25) is 0 Å². The number of carbonyl (C=O) groups excluding carboxylic acids is 1. The highest BCUT2D eigenvalue weighted by Crippen LogP contribution is 2.25. The number of nitrogens with zero attached hydrogens (tertiary/aromatic N) is 2. The minimum atomic E-state index is -0.657. The van der Waals surface area contributed by atoms with E-state index in [-0.39, 0.29) is 28.6 Å². The second-order valence-electron chi connectivity index (χ2n) is 3.37. The summed E-state index contributed by atoms with van der Waals surface area (Å²) in [6.45, 7) is 1.87. The van der Waals surface area contributed by atoms with Crippen LogP contribution in [-0.2, 0) is 4.74 Å². The maximum atomic E-state index is 13.7. The Bertz CT molecular complexity index is 585. The predicted octanol–water partition coefficient (Wildman–Crippen LogP) is 2.44. The number of H-pyrrole nitrogens is 1. The first-order chi connectivity index (χ1) is 8.63. The Morgan fingerprint density at radius 2 is 2.28 bits per heavy atom. The molecule has 0 aliphatic rings. The van der Waals surface area contributed by atoms with E-state index in [1.54, 1.807) is 6.92 Å². The maximum absolute atomic E-state index is 13.7. The summed E-state index contributed by atoms with van der Waals surface area (Å²) < 4.78 is 18.5. The second kappa shape index (κ2) is 5.14. The lowest BCUT2D eigenvalue weighted by Crippen LogP contribution is -2.07. The third-order valence-corrected chi connectivity index (χ3v) is 2.44. The first-order valence-electron chi connectivity index (χ1n) is 5.16. The molecule has 5 nitrogen and oxygen atoms in total. The summed E-state index contributed by atoms with van der Waals surface area (Å²) in [6, 6.07) is 4.07. The molecule has 94 valence electrons. The fourth-order valence-corrected chi connectivity index (χ4v) is 1.60. The van der Waals surface area contributed by atoms with Crippen molar-refractivity contribution >= 4 is 17.6 Å². The number of rotatable bonds is 3. The van der Waals surface area contributed by atoms with Crippen LogP contribution < -0.4 is 0 Å². The monoisotopic (exact) mass is 269 g/mol. The summed E-state index contributed by atoms with van der Waals surface area (Å²) in [5, 5.41) is 9.96. The van der Waals surface area contributed by atoms with Crippen LogP contribution in [0.4, 0.5) is 4.39 Å². The molecule has 0 aliphatic heterocycles. The van der Waals surface area contributed by atoms with Gasteiger partial charge in [0.25, 0.3) is 0 Å². The Morgan fingerprint density at radius 1 is 1.50 bits per heavy atom. The van der Waals surface area contributed by atoms with Crippen LogP contribution in [0.2, 0.25) is 5.02 Å². The molecule has 0 fully saturated rings. The molecule has 0 spiro atoms. The molecule has 0 unspecified atom stereocenters. The fourth-order valence-electron chi connectivity index (χ4n) is 1.44. The zero-order valence-electron chi connectivity index (χ0n) is 9.41. The molecule has 1 heterocycles. The molecule has 18 heavy (non-hydrogen) atoms. The molecule has 2 rings (SSSR count). The molecule has 0 amide bonds. The van der Waals surface area contributed by atoms with E-state index in [1.165, 1.54) is 12.1 Å². The zero-order chi connectivity index (χ0) is 13.1. The number of aromatic amines is 1. The SMILES string of the molecule is CCOC(=O)c1n[nH]nc1-c1ccc(Cl)cc1F. The minimum Gasteiger partial charge on any atom is -0.461 e. The van der Waals surface area contributed by atoms with E-state index in [9.17, 15) is 9.18 Å². The highest BCUT2D eigenvalue weighted by atomic mass is 35.5. The van der Waals surface area contributed by atoms with E-state index < -0.39 is 11.8 Å². The molecule has 0 saturated carbocycles. The third-order valence-electron chi connectivity index (χ3n) is 2.20. The third kappa shape index (κ3) is 2.33.